The van der Waals surface area contributed by atoms with Gasteiger partial charge < -0.3 is 24.2 Å². The molecular weight excluding hydrogens is 817 g/mol. The Kier molecular flexibility index (Phi) is 25.4. The van der Waals surface area contributed by atoms with Crippen molar-refractivity contribution < 1.29 is 45.6 Å². The molecule has 0 aliphatic carbocycles. The van der Waals surface area contributed by atoms with Gasteiger partial charge in [-0.3, -0.25) is 4.55 Å². The number of aromatic hydroxyl groups is 1. The van der Waals surface area contributed by atoms with Crippen molar-refractivity contribution in [1.82, 2.24) is 0 Å². The van der Waals surface area contributed by atoms with E-state index in [1.807, 2.05) is 0 Å². The van der Waals surface area contributed by atoms with Gasteiger partial charge in [-0.1, -0.05) is 153 Å². The fourth-order valence-electron chi connectivity index (χ4n) is 6.57. The van der Waals surface area contributed by atoms with Gasteiger partial charge in [-0.05, 0) is 85.3 Å². The second kappa shape index (κ2) is 28.6. The van der Waals surface area contributed by atoms with Crippen LogP contribution >= 0.6 is 0 Å². The van der Waals surface area contributed by atoms with Gasteiger partial charge >= 0.3 is 37.7 Å². The molecule has 0 bridgehead atoms. The van der Waals surface area contributed by atoms with Gasteiger partial charge in [0.15, 0.2) is 11.5 Å². The van der Waals surface area contributed by atoms with Crippen LogP contribution < -0.4 is 14.6 Å². The molecule has 2 N–H and O–H groups in total. The van der Waals surface area contributed by atoms with Crippen LogP contribution in [0.2, 0.25) is 0 Å². The SMILES string of the molecule is CCCCCCCCCCCc1cc(Oc2ccccc2O)cc(S(=O)(=O)O)c1.CCCCCCCCCCCc1cc(Oc2ccccc2[O-])cc(S(=O)(=O)[O-])c1.[Ca+2]. The van der Waals surface area contributed by atoms with Crippen molar-refractivity contribution in [1.29, 1.82) is 0 Å². The summed E-state index contributed by atoms with van der Waals surface area (Å²) in [6, 6.07) is 21.4. The molecule has 4 rings (SSSR count). The van der Waals surface area contributed by atoms with E-state index >= 15 is 0 Å². The standard InChI is InChI=1S/2C23H32O5S.Ca/c2*1-2-3-4-5-6-7-8-9-10-13-19-16-20(18-21(17-19)29(25,26)27)28-23-15-12-11-14-22(23)24;/h2*11-12,14-18,24H,2-10,13H2,1H3,(H,25,26,27);/q;;+2/p-2. The minimum atomic E-state index is -4.61. The van der Waals surface area contributed by atoms with Crippen molar-refractivity contribution in [3.63, 3.8) is 0 Å². The van der Waals surface area contributed by atoms with Crippen molar-refractivity contribution >= 4 is 58.0 Å². The molecule has 0 radical (unpaired) electrons. The van der Waals surface area contributed by atoms with Crippen molar-refractivity contribution in [2.75, 3.05) is 0 Å². The first-order valence-corrected chi connectivity index (χ1v) is 23.8. The number of ether oxygens (including phenoxy) is 2. The van der Waals surface area contributed by atoms with E-state index in [4.69, 9.17) is 9.47 Å². The maximum absolute atomic E-state index is 11.8. The normalized spacial score (nSPS) is 11.3. The monoisotopic (exact) mass is 878 g/mol. The summed E-state index contributed by atoms with van der Waals surface area (Å²) in [4.78, 5) is -0.527. The van der Waals surface area contributed by atoms with Gasteiger partial charge in [0.05, 0.1) is 9.79 Å². The molecule has 0 saturated carbocycles. The Bertz CT molecular complexity index is 1870. The van der Waals surface area contributed by atoms with Gasteiger partial charge in [-0.25, -0.2) is 8.42 Å². The number of benzene rings is 4. The molecule has 0 aliphatic heterocycles. The molecule has 0 unspecified atom stereocenters. The van der Waals surface area contributed by atoms with Crippen LogP contribution in [0.4, 0.5) is 0 Å². The Labute approximate surface area is 383 Å². The van der Waals surface area contributed by atoms with Crippen LogP contribution in [-0.2, 0) is 33.1 Å². The Morgan fingerprint density at radius 1 is 0.525 bits per heavy atom. The van der Waals surface area contributed by atoms with Gasteiger partial charge in [0.25, 0.3) is 10.1 Å². The number of hydrogen-bond donors (Lipinski definition) is 2. The largest absolute Gasteiger partial charge is 2.00 e. The molecule has 4 aromatic carbocycles. The van der Waals surface area contributed by atoms with E-state index in [0.717, 1.165) is 43.2 Å². The molecule has 0 fully saturated rings. The third-order valence-electron chi connectivity index (χ3n) is 9.77. The number of para-hydroxylation sites is 4. The fraction of sp³-hybridized carbons (Fsp3) is 0.478. The molecule has 13 heteroatoms. The van der Waals surface area contributed by atoms with Gasteiger partial charge in [-0.2, -0.15) is 8.42 Å². The Hall–Kier alpha value is -2.84. The number of hydrogen-bond acceptors (Lipinski definition) is 9. The minimum absolute atomic E-state index is 0. The average Bonchev–Trinajstić information content (AvgIpc) is 3.18. The smallest absolute Gasteiger partial charge is 0.870 e. The van der Waals surface area contributed by atoms with Crippen molar-refractivity contribution in [3.05, 3.63) is 96.1 Å². The van der Waals surface area contributed by atoms with Crippen LogP contribution in [0.3, 0.4) is 0 Å². The second-order valence-electron chi connectivity index (χ2n) is 14.8. The average molecular weight is 879 g/mol. The predicted octanol–water partition coefficient (Wildman–Crippen LogP) is 11.7. The van der Waals surface area contributed by atoms with Gasteiger partial charge in [-0.15, -0.1) is 0 Å². The molecule has 4 aromatic rings. The molecule has 0 amide bonds. The molecule has 0 aromatic heterocycles. The van der Waals surface area contributed by atoms with E-state index in [9.17, 15) is 36.2 Å². The third-order valence-corrected chi connectivity index (χ3v) is 11.4. The van der Waals surface area contributed by atoms with Crippen LogP contribution in [0.1, 0.15) is 141 Å². The molecule has 59 heavy (non-hydrogen) atoms. The molecule has 10 nitrogen and oxygen atoms in total. The molecule has 0 spiro atoms. The molecule has 0 heterocycles. The quantitative estimate of drug-likeness (QED) is 0.0351. The van der Waals surface area contributed by atoms with Crippen LogP contribution in [0.25, 0.3) is 0 Å². The summed E-state index contributed by atoms with van der Waals surface area (Å²) in [6.07, 6.45) is 23.0. The van der Waals surface area contributed by atoms with E-state index in [0.29, 0.717) is 12.8 Å². The maximum Gasteiger partial charge on any atom is 2.00 e. The summed E-state index contributed by atoms with van der Waals surface area (Å²) in [7, 11) is -8.95. The number of unbranched alkanes of at least 4 members (excludes halogenated alkanes) is 16. The van der Waals surface area contributed by atoms with Crippen LogP contribution in [0.5, 0.6) is 34.5 Å². The maximum atomic E-state index is 11.8. The van der Waals surface area contributed by atoms with Crippen LogP contribution in [0.15, 0.2) is 94.7 Å². The number of phenols is 1. The third kappa shape index (κ3) is 21.5. The molecular formula is C46H62CaO10S2. The van der Waals surface area contributed by atoms with E-state index in [1.54, 1.807) is 42.5 Å². The van der Waals surface area contributed by atoms with Crippen molar-refractivity contribution in [3.8, 4) is 34.5 Å². The number of rotatable bonds is 26. The van der Waals surface area contributed by atoms with E-state index in [1.165, 1.54) is 126 Å². The Balaban J connectivity index is 0.000000400. The van der Waals surface area contributed by atoms with Crippen LogP contribution in [0, 0.1) is 0 Å². The molecule has 320 valence electrons. The van der Waals surface area contributed by atoms with Crippen molar-refractivity contribution in [2.24, 2.45) is 0 Å². The summed E-state index contributed by atoms with van der Waals surface area (Å²) in [5.41, 5.74) is 1.51. The molecule has 0 saturated heterocycles. The predicted molar refractivity (Wildman–Crippen MR) is 232 cm³/mol. The summed E-state index contributed by atoms with van der Waals surface area (Å²) < 4.78 is 78.5. The van der Waals surface area contributed by atoms with E-state index in [2.05, 4.69) is 13.8 Å². The van der Waals surface area contributed by atoms with E-state index < -0.39 is 20.2 Å². The summed E-state index contributed by atoms with van der Waals surface area (Å²) in [5.74, 6) is 0.452. The van der Waals surface area contributed by atoms with Gasteiger partial charge in [0.1, 0.15) is 27.4 Å². The number of phenolic OH excluding ortho intramolecular Hbond substituents is 1. The summed E-state index contributed by atoms with van der Waals surface area (Å²) in [6.45, 7) is 4.43. The number of aryl methyl sites for hydroxylation is 2. The van der Waals surface area contributed by atoms with E-state index in [-0.39, 0.29) is 82.0 Å². The Morgan fingerprint density at radius 2 is 0.915 bits per heavy atom. The minimum Gasteiger partial charge on any atom is -0.870 e. The van der Waals surface area contributed by atoms with Gasteiger partial charge in [0, 0.05) is 6.07 Å². The zero-order chi connectivity index (χ0) is 42.2. The topological polar surface area (TPSA) is 173 Å². The first-order chi connectivity index (χ1) is 27.8. The second-order valence-corrected chi connectivity index (χ2v) is 17.6. The summed E-state index contributed by atoms with van der Waals surface area (Å²) >= 11 is 0. The fourth-order valence-corrected chi connectivity index (χ4v) is 7.69. The van der Waals surface area contributed by atoms with Crippen LogP contribution in [-0.4, -0.2) is 68.8 Å². The zero-order valence-electron chi connectivity index (χ0n) is 34.9. The first kappa shape index (κ1) is 52.3. The first-order valence-electron chi connectivity index (χ1n) is 20.9. The zero-order valence-corrected chi connectivity index (χ0v) is 38.8. The van der Waals surface area contributed by atoms with Gasteiger partial charge in [0.2, 0.25) is 0 Å². The van der Waals surface area contributed by atoms with Crippen molar-refractivity contribution in [2.45, 2.75) is 152 Å². The molecule has 0 atom stereocenters. The summed E-state index contributed by atoms with van der Waals surface area (Å²) in [5, 5.41) is 21.7. The molecule has 0 aliphatic rings. The Morgan fingerprint density at radius 3 is 1.36 bits per heavy atom.